The van der Waals surface area contributed by atoms with Crippen LogP contribution in [-0.4, -0.2) is 115 Å². The zero-order chi connectivity index (χ0) is 44.3. The summed E-state index contributed by atoms with van der Waals surface area (Å²) in [7, 11) is -4.52. The predicted octanol–water partition coefficient (Wildman–Crippen LogP) is 4.88. The molecule has 21 heteroatoms. The first-order chi connectivity index (χ1) is 29.7. The van der Waals surface area contributed by atoms with Gasteiger partial charge in [-0.2, -0.15) is 10.2 Å². The summed E-state index contributed by atoms with van der Waals surface area (Å²) in [6, 6.07) is 15.4. The SMILES string of the molecule is CC[C@@H]([C@H](C)OC(=O)OC(C)OC(=O)CCCCCOP(=O)(O)O)n1ncn(-c2ccc(N3CCN(c4ccc(OC[C@@H]5CO[C@](C)(Cn6cncn6)C5)cc4)CC3)cc2)c1=O. The Kier molecular flexibility index (Phi) is 15.8. The number of esters is 1. The first kappa shape index (κ1) is 46.2. The number of ether oxygens (including phenoxy) is 5. The summed E-state index contributed by atoms with van der Waals surface area (Å²) in [6.45, 7) is 12.1. The molecule has 2 aromatic carbocycles. The lowest BCUT2D eigenvalue weighted by atomic mass is 9.96. The minimum atomic E-state index is -4.52. The summed E-state index contributed by atoms with van der Waals surface area (Å²) in [5.74, 6) is 0.521. The molecule has 20 nitrogen and oxygen atoms in total. The lowest BCUT2D eigenvalue weighted by molar-refractivity contribution is -0.169. The van der Waals surface area contributed by atoms with Gasteiger partial charge in [-0.05, 0) is 88.1 Å². The fourth-order valence-electron chi connectivity index (χ4n) is 7.75. The Morgan fingerprint density at radius 1 is 0.903 bits per heavy atom. The van der Waals surface area contributed by atoms with Crippen molar-refractivity contribution in [3.05, 3.63) is 78.0 Å². The van der Waals surface area contributed by atoms with Crippen molar-refractivity contribution < 1.29 is 52.1 Å². The van der Waals surface area contributed by atoms with Crippen LogP contribution in [0.5, 0.6) is 5.75 Å². The van der Waals surface area contributed by atoms with Crippen LogP contribution in [0.3, 0.4) is 0 Å². The fourth-order valence-corrected chi connectivity index (χ4v) is 8.12. The van der Waals surface area contributed by atoms with Crippen molar-refractivity contribution in [3.8, 4) is 11.4 Å². The van der Waals surface area contributed by atoms with E-state index in [1.807, 2.05) is 43.3 Å². The second-order valence-electron chi connectivity index (χ2n) is 15.8. The molecule has 0 radical (unpaired) electrons. The monoisotopic (exact) mass is 884 g/mol. The molecule has 0 amide bonds. The Labute approximate surface area is 359 Å². The van der Waals surface area contributed by atoms with E-state index in [9.17, 15) is 18.9 Å². The van der Waals surface area contributed by atoms with E-state index in [-0.39, 0.29) is 18.6 Å². The maximum atomic E-state index is 13.6. The number of aromatic nitrogens is 6. The number of nitrogens with zero attached hydrogens (tertiary/aromatic N) is 8. The summed E-state index contributed by atoms with van der Waals surface area (Å²) < 4.78 is 47.5. The van der Waals surface area contributed by atoms with E-state index >= 15 is 0 Å². The third-order valence-corrected chi connectivity index (χ3v) is 11.4. The molecule has 0 bridgehead atoms. The van der Waals surface area contributed by atoms with Crippen LogP contribution in [0, 0.1) is 5.92 Å². The van der Waals surface area contributed by atoms with Crippen LogP contribution < -0.4 is 20.2 Å². The molecule has 0 aliphatic carbocycles. The number of hydrogen-bond acceptors (Lipinski definition) is 15. The smallest absolute Gasteiger partial charge is 0.493 e. The predicted molar refractivity (Wildman–Crippen MR) is 225 cm³/mol. The molecule has 2 aliphatic heterocycles. The normalized spacial score (nSPS) is 19.5. The molecule has 2 aromatic heterocycles. The van der Waals surface area contributed by atoms with Gasteiger partial charge >= 0.3 is 25.6 Å². The Bertz CT molecular complexity index is 2140. The van der Waals surface area contributed by atoms with Crippen LogP contribution in [0.15, 0.2) is 72.3 Å². The van der Waals surface area contributed by atoms with Gasteiger partial charge in [0.15, 0.2) is 0 Å². The molecule has 6 rings (SSSR count). The third kappa shape index (κ3) is 13.1. The van der Waals surface area contributed by atoms with E-state index in [1.54, 1.807) is 17.9 Å². The molecular weight excluding hydrogens is 827 g/mol. The Morgan fingerprint density at radius 3 is 2.19 bits per heavy atom. The van der Waals surface area contributed by atoms with Gasteiger partial charge in [-0.15, -0.1) is 0 Å². The van der Waals surface area contributed by atoms with Gasteiger partial charge in [-0.3, -0.25) is 14.0 Å². The van der Waals surface area contributed by atoms with E-state index in [0.29, 0.717) is 57.0 Å². The summed E-state index contributed by atoms with van der Waals surface area (Å²) in [5.41, 5.74) is 2.14. The average Bonchev–Trinajstić information content (AvgIpc) is 3.99. The van der Waals surface area contributed by atoms with Crippen LogP contribution >= 0.6 is 7.82 Å². The van der Waals surface area contributed by atoms with E-state index in [4.69, 9.17) is 33.5 Å². The highest BCUT2D eigenvalue weighted by Gasteiger charge is 2.37. The second-order valence-corrected chi connectivity index (χ2v) is 17.0. The number of carbonyl (C=O) groups is 2. The van der Waals surface area contributed by atoms with Crippen molar-refractivity contribution in [3.63, 3.8) is 0 Å². The van der Waals surface area contributed by atoms with Crippen molar-refractivity contribution in [2.24, 2.45) is 5.92 Å². The number of piperazine rings is 1. The Hall–Kier alpha value is -5.27. The zero-order valence-corrected chi connectivity index (χ0v) is 36.5. The van der Waals surface area contributed by atoms with Crippen LogP contribution in [0.2, 0.25) is 0 Å². The standard InChI is InChI=1S/C41H57N8O12P/c1-5-37(30(2)59-40(52)61-31(3)60-38(50)9-7-6-8-22-58-62(53,54)55)49-39(51)48(29-44-49)35-12-10-33(11-13-35)45-18-20-46(21-19-45)34-14-16-36(17-15-34)56-24-32-23-41(4,57-25-32)26-47-28-42-27-43-47/h10-17,27-32,37H,5-9,18-26H2,1-4H3,(H2,53,54,55)/t30-,31?,32+,37-,41-/m0/s1. The number of rotatable bonds is 21. The van der Waals surface area contributed by atoms with E-state index in [1.165, 1.54) is 28.8 Å². The van der Waals surface area contributed by atoms with Gasteiger partial charge in [0.1, 0.15) is 30.8 Å². The van der Waals surface area contributed by atoms with Crippen molar-refractivity contribution in [2.75, 3.05) is 55.8 Å². The third-order valence-electron chi connectivity index (χ3n) is 10.9. The van der Waals surface area contributed by atoms with Gasteiger partial charge in [0, 0.05) is 56.8 Å². The summed E-state index contributed by atoms with van der Waals surface area (Å²) >= 11 is 0. The van der Waals surface area contributed by atoms with Gasteiger partial charge in [-0.25, -0.2) is 28.4 Å². The first-order valence-electron chi connectivity index (χ1n) is 20.9. The van der Waals surface area contributed by atoms with E-state index in [2.05, 4.69) is 48.6 Å². The molecule has 2 saturated heterocycles. The first-order valence-corrected chi connectivity index (χ1v) is 22.4. The minimum absolute atomic E-state index is 0.0115. The molecule has 338 valence electrons. The van der Waals surface area contributed by atoms with Gasteiger partial charge in [0.2, 0.25) is 6.29 Å². The topological polar surface area (TPSA) is 224 Å². The van der Waals surface area contributed by atoms with Gasteiger partial charge in [-0.1, -0.05) is 13.3 Å². The highest BCUT2D eigenvalue weighted by Crippen LogP contribution is 2.36. The number of phosphoric acid groups is 1. The maximum absolute atomic E-state index is 13.6. The van der Waals surface area contributed by atoms with E-state index in [0.717, 1.165) is 49.7 Å². The van der Waals surface area contributed by atoms with E-state index < -0.39 is 44.1 Å². The minimum Gasteiger partial charge on any atom is -0.493 e. The number of unbranched alkanes of at least 4 members (excludes halogenated alkanes) is 2. The maximum Gasteiger partial charge on any atom is 0.511 e. The van der Waals surface area contributed by atoms with Crippen molar-refractivity contribution in [1.82, 2.24) is 29.1 Å². The number of benzene rings is 2. The van der Waals surface area contributed by atoms with Crippen molar-refractivity contribution in [2.45, 2.75) is 96.8 Å². The molecule has 4 heterocycles. The lowest BCUT2D eigenvalue weighted by Crippen LogP contribution is -2.46. The number of anilines is 2. The van der Waals surface area contributed by atoms with Crippen LogP contribution in [-0.2, 0) is 39.4 Å². The molecule has 62 heavy (non-hydrogen) atoms. The molecule has 1 unspecified atom stereocenters. The summed E-state index contributed by atoms with van der Waals surface area (Å²) in [4.78, 5) is 64.3. The highest BCUT2D eigenvalue weighted by atomic mass is 31.2. The number of carbonyl (C=O) groups excluding carboxylic acids is 2. The highest BCUT2D eigenvalue weighted by molar-refractivity contribution is 7.46. The molecule has 2 aliphatic rings. The van der Waals surface area contributed by atoms with Crippen molar-refractivity contribution in [1.29, 1.82) is 0 Å². The molecule has 0 saturated carbocycles. The van der Waals surface area contributed by atoms with Crippen LogP contribution in [0.25, 0.3) is 5.69 Å². The largest absolute Gasteiger partial charge is 0.511 e. The van der Waals surface area contributed by atoms with Crippen LogP contribution in [0.1, 0.15) is 72.3 Å². The number of hydrogen-bond donors (Lipinski definition) is 2. The molecule has 0 spiro atoms. The van der Waals surface area contributed by atoms with Gasteiger partial charge in [0.05, 0.1) is 43.7 Å². The Balaban J connectivity index is 0.917. The lowest BCUT2D eigenvalue weighted by Gasteiger charge is -2.37. The Morgan fingerprint density at radius 2 is 1.56 bits per heavy atom. The quantitative estimate of drug-likeness (QED) is 0.0492. The second kappa shape index (κ2) is 21.2. The zero-order valence-electron chi connectivity index (χ0n) is 35.6. The molecule has 4 aromatic rings. The van der Waals surface area contributed by atoms with Crippen molar-refractivity contribution >= 4 is 31.3 Å². The number of phosphoric ester groups is 1. The average molecular weight is 885 g/mol. The van der Waals surface area contributed by atoms with Gasteiger partial charge in [0.25, 0.3) is 0 Å². The molecule has 5 atom stereocenters. The molecule has 2 N–H and O–H groups in total. The molecular formula is C41H57N8O12P. The summed E-state index contributed by atoms with van der Waals surface area (Å²) in [6.07, 6.45) is 4.09. The molecule has 2 fully saturated rings. The summed E-state index contributed by atoms with van der Waals surface area (Å²) in [5, 5.41) is 8.54. The fraction of sp³-hybridized carbons (Fsp3) is 0.561. The van der Waals surface area contributed by atoms with Gasteiger partial charge < -0.3 is 43.3 Å². The van der Waals surface area contributed by atoms with Crippen LogP contribution in [0.4, 0.5) is 16.2 Å².